The van der Waals surface area contributed by atoms with Crippen molar-refractivity contribution in [3.8, 4) is 0 Å². The van der Waals surface area contributed by atoms with E-state index in [1.54, 1.807) is 0 Å². The maximum absolute atomic E-state index is 6.05. The number of nitrogens with two attached hydrogens (primary N) is 1. The molecule has 2 unspecified atom stereocenters. The van der Waals surface area contributed by atoms with Crippen LogP contribution in [-0.2, 0) is 4.74 Å². The van der Waals surface area contributed by atoms with E-state index >= 15 is 0 Å². The summed E-state index contributed by atoms with van der Waals surface area (Å²) in [6.07, 6.45) is 3.41. The number of likely N-dealkylation sites (tertiary alicyclic amines) is 1. The van der Waals surface area contributed by atoms with Gasteiger partial charge in [-0.15, -0.1) is 0 Å². The van der Waals surface area contributed by atoms with Crippen molar-refractivity contribution in [3.63, 3.8) is 0 Å². The van der Waals surface area contributed by atoms with Gasteiger partial charge < -0.3 is 15.4 Å². The zero-order valence-electron chi connectivity index (χ0n) is 11.5. The predicted octanol–water partition coefficient (Wildman–Crippen LogP) is 0.213. The van der Waals surface area contributed by atoms with Crippen LogP contribution < -0.4 is 5.73 Å². The van der Waals surface area contributed by atoms with Crippen LogP contribution in [0.3, 0.4) is 0 Å². The van der Waals surface area contributed by atoms with Crippen LogP contribution in [-0.4, -0.2) is 78.7 Å². The van der Waals surface area contributed by atoms with E-state index in [0.717, 1.165) is 45.2 Å². The van der Waals surface area contributed by atoms with Crippen LogP contribution in [0, 0.1) is 0 Å². The molecule has 108 valence electrons. The number of hydrogen-bond donors (Lipinski definition) is 1. The Morgan fingerprint density at radius 1 is 1.21 bits per heavy atom. The van der Waals surface area contributed by atoms with Crippen molar-refractivity contribution in [3.05, 3.63) is 0 Å². The van der Waals surface area contributed by atoms with Gasteiger partial charge in [0.05, 0.1) is 18.8 Å². The normalized spacial score (nSPS) is 32.8. The fourth-order valence-corrected chi connectivity index (χ4v) is 3.98. The molecule has 3 aliphatic heterocycles. The van der Waals surface area contributed by atoms with Crippen molar-refractivity contribution in [1.29, 1.82) is 0 Å². The first kappa shape index (κ1) is 13.5. The maximum atomic E-state index is 6.05. The topological polar surface area (TPSA) is 54.1 Å². The molecule has 3 fully saturated rings. The van der Waals surface area contributed by atoms with Crippen LogP contribution in [0.25, 0.3) is 0 Å². The van der Waals surface area contributed by atoms with Gasteiger partial charge in [-0.3, -0.25) is 9.89 Å². The second-order valence-electron chi connectivity index (χ2n) is 5.56. The van der Waals surface area contributed by atoms with Crippen molar-refractivity contribution in [1.82, 2.24) is 9.80 Å². The summed E-state index contributed by atoms with van der Waals surface area (Å²) in [4.78, 5) is 9.23. The van der Waals surface area contributed by atoms with Crippen molar-refractivity contribution < 1.29 is 4.74 Å². The van der Waals surface area contributed by atoms with Crippen LogP contribution in [0.15, 0.2) is 4.99 Å². The Labute approximate surface area is 119 Å². The van der Waals surface area contributed by atoms with E-state index in [2.05, 4.69) is 14.8 Å². The molecule has 0 saturated carbocycles. The first-order chi connectivity index (χ1) is 9.31. The average molecular weight is 284 g/mol. The zero-order chi connectivity index (χ0) is 13.1. The standard InChI is InChI=1S/C13H24N4OS/c14-13(17-5-7-19-8-6-17)15-3-4-16-9-11-1-2-12(10-16)18-11/h11-12H,1-10H2,(H2,14,15). The third-order valence-corrected chi connectivity index (χ3v) is 5.09. The maximum Gasteiger partial charge on any atom is 0.191 e. The molecule has 2 bridgehead atoms. The summed E-state index contributed by atoms with van der Waals surface area (Å²) in [5, 5.41) is 0. The van der Waals surface area contributed by atoms with Crippen molar-refractivity contribution in [2.24, 2.45) is 10.7 Å². The second-order valence-corrected chi connectivity index (χ2v) is 6.78. The van der Waals surface area contributed by atoms with Gasteiger partial charge in [-0.2, -0.15) is 11.8 Å². The molecule has 3 saturated heterocycles. The van der Waals surface area contributed by atoms with E-state index < -0.39 is 0 Å². The molecule has 19 heavy (non-hydrogen) atoms. The van der Waals surface area contributed by atoms with E-state index in [-0.39, 0.29) is 0 Å². The molecular formula is C13H24N4OS. The van der Waals surface area contributed by atoms with E-state index in [4.69, 9.17) is 10.5 Å². The van der Waals surface area contributed by atoms with Gasteiger partial charge in [-0.25, -0.2) is 0 Å². The summed E-state index contributed by atoms with van der Waals surface area (Å²) in [5.41, 5.74) is 6.05. The lowest BCUT2D eigenvalue weighted by Crippen LogP contribution is -2.45. The molecule has 3 heterocycles. The van der Waals surface area contributed by atoms with Crippen LogP contribution >= 0.6 is 11.8 Å². The Bertz CT molecular complexity index is 321. The smallest absolute Gasteiger partial charge is 0.191 e. The van der Waals surface area contributed by atoms with Gasteiger partial charge >= 0.3 is 0 Å². The Kier molecular flexibility index (Phi) is 4.50. The van der Waals surface area contributed by atoms with Gasteiger partial charge in [0.1, 0.15) is 0 Å². The third-order valence-electron chi connectivity index (χ3n) is 4.14. The molecule has 3 rings (SSSR count). The fraction of sp³-hybridized carbons (Fsp3) is 0.923. The summed E-state index contributed by atoms with van der Waals surface area (Å²) in [7, 11) is 0. The summed E-state index contributed by atoms with van der Waals surface area (Å²) in [5.74, 6) is 3.07. The Hall–Kier alpha value is -0.460. The number of hydrogen-bond acceptors (Lipinski definition) is 4. The molecule has 0 spiro atoms. The number of thioether (sulfide) groups is 1. The third kappa shape index (κ3) is 3.55. The number of nitrogens with zero attached hydrogens (tertiary/aromatic N) is 3. The Morgan fingerprint density at radius 2 is 1.89 bits per heavy atom. The van der Waals surface area contributed by atoms with E-state index in [9.17, 15) is 0 Å². The largest absolute Gasteiger partial charge is 0.372 e. The highest BCUT2D eigenvalue weighted by Crippen LogP contribution is 2.25. The number of rotatable bonds is 3. The monoisotopic (exact) mass is 284 g/mol. The molecule has 5 nitrogen and oxygen atoms in total. The minimum atomic E-state index is 0.471. The summed E-state index contributed by atoms with van der Waals surface area (Å²) < 4.78 is 5.84. The molecule has 0 radical (unpaired) electrons. The molecule has 0 aromatic heterocycles. The summed E-state index contributed by atoms with van der Waals surface area (Å²) in [6.45, 7) is 6.07. The van der Waals surface area contributed by atoms with Crippen molar-refractivity contribution >= 4 is 17.7 Å². The van der Waals surface area contributed by atoms with Gasteiger partial charge in [0, 0.05) is 44.2 Å². The molecule has 6 heteroatoms. The summed E-state index contributed by atoms with van der Waals surface area (Å²) >= 11 is 2.00. The molecule has 2 N–H and O–H groups in total. The Balaban J connectivity index is 1.42. The van der Waals surface area contributed by atoms with E-state index in [1.807, 2.05) is 11.8 Å². The number of guanidine groups is 1. The first-order valence-corrected chi connectivity index (χ1v) is 8.47. The fourth-order valence-electron chi connectivity index (χ4n) is 3.08. The van der Waals surface area contributed by atoms with Gasteiger partial charge in [0.2, 0.25) is 0 Å². The first-order valence-electron chi connectivity index (χ1n) is 7.32. The van der Waals surface area contributed by atoms with Gasteiger partial charge in [0.15, 0.2) is 5.96 Å². The van der Waals surface area contributed by atoms with E-state index in [0.29, 0.717) is 12.2 Å². The van der Waals surface area contributed by atoms with E-state index in [1.165, 1.54) is 24.3 Å². The van der Waals surface area contributed by atoms with Crippen LogP contribution in [0.1, 0.15) is 12.8 Å². The number of ether oxygens (including phenoxy) is 1. The molecule has 0 aromatic carbocycles. The van der Waals surface area contributed by atoms with Gasteiger partial charge in [-0.05, 0) is 12.8 Å². The molecule has 2 atom stereocenters. The highest BCUT2D eigenvalue weighted by Gasteiger charge is 2.33. The number of morpholine rings is 1. The zero-order valence-corrected chi connectivity index (χ0v) is 12.3. The predicted molar refractivity (Wildman–Crippen MR) is 79.7 cm³/mol. The lowest BCUT2D eigenvalue weighted by atomic mass is 10.2. The van der Waals surface area contributed by atoms with Crippen LogP contribution in [0.5, 0.6) is 0 Å². The van der Waals surface area contributed by atoms with Crippen LogP contribution in [0.4, 0.5) is 0 Å². The minimum absolute atomic E-state index is 0.471. The lowest BCUT2D eigenvalue weighted by Gasteiger charge is -2.32. The number of fused-ring (bicyclic) bond motifs is 2. The lowest BCUT2D eigenvalue weighted by molar-refractivity contribution is -0.0370. The van der Waals surface area contributed by atoms with Crippen LogP contribution in [0.2, 0.25) is 0 Å². The average Bonchev–Trinajstić information content (AvgIpc) is 2.79. The molecule has 0 aromatic rings. The van der Waals surface area contributed by atoms with Crippen molar-refractivity contribution in [2.75, 3.05) is 50.8 Å². The minimum Gasteiger partial charge on any atom is -0.372 e. The highest BCUT2D eigenvalue weighted by molar-refractivity contribution is 7.99. The number of aliphatic imine (C=N–C) groups is 1. The molecule has 3 aliphatic rings. The van der Waals surface area contributed by atoms with Crippen molar-refractivity contribution in [2.45, 2.75) is 25.0 Å². The molecule has 0 aliphatic carbocycles. The quantitative estimate of drug-likeness (QED) is 0.593. The SMILES string of the molecule is NC(=NCCN1CC2CCC(C1)O2)N1CCSCC1. The molecular weight excluding hydrogens is 260 g/mol. The highest BCUT2D eigenvalue weighted by atomic mass is 32.2. The molecule has 0 amide bonds. The summed E-state index contributed by atoms with van der Waals surface area (Å²) in [6, 6.07) is 0. The Morgan fingerprint density at radius 3 is 2.58 bits per heavy atom. The van der Waals surface area contributed by atoms with Gasteiger partial charge in [-0.1, -0.05) is 0 Å². The van der Waals surface area contributed by atoms with Gasteiger partial charge in [0.25, 0.3) is 0 Å². The second kappa shape index (κ2) is 6.33.